The molecule has 120 valence electrons. The summed E-state index contributed by atoms with van der Waals surface area (Å²) in [6.07, 6.45) is 10.4. The molecule has 4 nitrogen and oxygen atoms in total. The SMILES string of the molecule is C=C1c2sc3nccc(N(C)C)c3c2N=CN1C1CCCCC1. The van der Waals surface area contributed by atoms with E-state index < -0.39 is 0 Å². The predicted molar refractivity (Wildman–Crippen MR) is 99.8 cm³/mol. The molecule has 0 aromatic carbocycles. The molecule has 0 radical (unpaired) electrons. The Kier molecular flexibility index (Phi) is 3.60. The van der Waals surface area contributed by atoms with Crippen LogP contribution in [-0.2, 0) is 0 Å². The van der Waals surface area contributed by atoms with Crippen LogP contribution in [-0.4, -0.2) is 36.4 Å². The number of pyridine rings is 1. The van der Waals surface area contributed by atoms with Crippen molar-refractivity contribution in [2.75, 3.05) is 19.0 Å². The summed E-state index contributed by atoms with van der Waals surface area (Å²) >= 11 is 1.71. The fraction of sp³-hybridized carbons (Fsp3) is 0.444. The third-order valence-corrected chi connectivity index (χ3v) is 6.02. The molecule has 2 aromatic rings. The number of rotatable bonds is 2. The van der Waals surface area contributed by atoms with Gasteiger partial charge >= 0.3 is 0 Å². The number of aliphatic imine (C=N–C) groups is 1. The van der Waals surface area contributed by atoms with Gasteiger partial charge in [0.25, 0.3) is 0 Å². The summed E-state index contributed by atoms with van der Waals surface area (Å²) in [6.45, 7) is 4.39. The fourth-order valence-corrected chi connectivity index (χ4v) is 4.75. The average Bonchev–Trinajstić information content (AvgIpc) is 2.95. The predicted octanol–water partition coefficient (Wildman–Crippen LogP) is 4.64. The van der Waals surface area contributed by atoms with E-state index in [1.54, 1.807) is 11.3 Å². The molecule has 0 amide bonds. The van der Waals surface area contributed by atoms with E-state index in [2.05, 4.69) is 41.5 Å². The molecule has 2 aliphatic rings. The monoisotopic (exact) mass is 326 g/mol. The maximum Gasteiger partial charge on any atom is 0.128 e. The minimum Gasteiger partial charge on any atom is -0.377 e. The fourth-order valence-electron chi connectivity index (χ4n) is 3.66. The summed E-state index contributed by atoms with van der Waals surface area (Å²) in [5.74, 6) is 0. The lowest BCUT2D eigenvalue weighted by molar-refractivity contribution is 0.316. The van der Waals surface area contributed by atoms with Gasteiger partial charge in [0.15, 0.2) is 0 Å². The molecule has 0 N–H and O–H groups in total. The zero-order valence-corrected chi connectivity index (χ0v) is 14.6. The molecule has 0 bridgehead atoms. The second kappa shape index (κ2) is 5.64. The van der Waals surface area contributed by atoms with Gasteiger partial charge in [-0.1, -0.05) is 25.8 Å². The number of hydrogen-bond donors (Lipinski definition) is 0. The van der Waals surface area contributed by atoms with Crippen LogP contribution in [0, 0.1) is 0 Å². The highest BCUT2D eigenvalue weighted by atomic mass is 32.1. The molecular weight excluding hydrogens is 304 g/mol. The molecule has 0 saturated heterocycles. The molecule has 1 saturated carbocycles. The summed E-state index contributed by atoms with van der Waals surface area (Å²) in [4.78, 5) is 16.0. The van der Waals surface area contributed by atoms with Crippen molar-refractivity contribution in [1.82, 2.24) is 9.88 Å². The Bertz CT molecular complexity index is 784. The van der Waals surface area contributed by atoms with E-state index in [9.17, 15) is 0 Å². The number of fused-ring (bicyclic) bond motifs is 3. The highest BCUT2D eigenvalue weighted by Crippen LogP contribution is 2.47. The van der Waals surface area contributed by atoms with Crippen molar-refractivity contribution in [3.05, 3.63) is 23.7 Å². The van der Waals surface area contributed by atoms with Gasteiger partial charge in [-0.3, -0.25) is 0 Å². The largest absolute Gasteiger partial charge is 0.377 e. The number of thiophene rings is 1. The first-order valence-electron chi connectivity index (χ1n) is 8.27. The smallest absolute Gasteiger partial charge is 0.128 e. The van der Waals surface area contributed by atoms with Gasteiger partial charge in [0.05, 0.1) is 33.7 Å². The molecule has 2 aromatic heterocycles. The lowest BCUT2D eigenvalue weighted by Crippen LogP contribution is -2.35. The van der Waals surface area contributed by atoms with Gasteiger partial charge in [-0.05, 0) is 18.9 Å². The van der Waals surface area contributed by atoms with Crippen LogP contribution in [0.5, 0.6) is 0 Å². The van der Waals surface area contributed by atoms with Crippen LogP contribution in [0.1, 0.15) is 37.0 Å². The molecule has 0 atom stereocenters. The summed E-state index contributed by atoms with van der Waals surface area (Å²) in [6, 6.07) is 2.61. The van der Waals surface area contributed by atoms with Gasteiger partial charge in [0.2, 0.25) is 0 Å². The maximum atomic E-state index is 4.82. The summed E-state index contributed by atoms with van der Waals surface area (Å²) in [7, 11) is 4.13. The molecule has 23 heavy (non-hydrogen) atoms. The van der Waals surface area contributed by atoms with Gasteiger partial charge in [-0.2, -0.15) is 0 Å². The van der Waals surface area contributed by atoms with Gasteiger partial charge in [-0.15, -0.1) is 11.3 Å². The van der Waals surface area contributed by atoms with Crippen molar-refractivity contribution in [2.24, 2.45) is 4.99 Å². The van der Waals surface area contributed by atoms with Crippen LogP contribution in [0.25, 0.3) is 15.9 Å². The average molecular weight is 326 g/mol. The maximum absolute atomic E-state index is 4.82. The van der Waals surface area contributed by atoms with Gasteiger partial charge in [-0.25, -0.2) is 9.98 Å². The van der Waals surface area contributed by atoms with Crippen LogP contribution < -0.4 is 4.90 Å². The minimum atomic E-state index is 0.555. The molecule has 0 unspecified atom stereocenters. The number of nitrogens with zero attached hydrogens (tertiary/aromatic N) is 4. The van der Waals surface area contributed by atoms with Crippen molar-refractivity contribution < 1.29 is 0 Å². The van der Waals surface area contributed by atoms with E-state index >= 15 is 0 Å². The molecule has 1 fully saturated rings. The van der Waals surface area contributed by atoms with E-state index in [0.29, 0.717) is 6.04 Å². The van der Waals surface area contributed by atoms with Crippen molar-refractivity contribution in [1.29, 1.82) is 0 Å². The normalized spacial score (nSPS) is 18.5. The molecule has 1 aliphatic heterocycles. The quantitative estimate of drug-likeness (QED) is 0.805. The Morgan fingerprint density at radius 2 is 2.04 bits per heavy atom. The summed E-state index contributed by atoms with van der Waals surface area (Å²) < 4.78 is 0. The van der Waals surface area contributed by atoms with Crippen LogP contribution in [0.2, 0.25) is 0 Å². The van der Waals surface area contributed by atoms with Crippen molar-refractivity contribution >= 4 is 45.0 Å². The lowest BCUT2D eigenvalue weighted by Gasteiger charge is -2.35. The van der Waals surface area contributed by atoms with Crippen LogP contribution in [0.4, 0.5) is 11.4 Å². The molecule has 3 heterocycles. The van der Waals surface area contributed by atoms with Crippen molar-refractivity contribution in [2.45, 2.75) is 38.1 Å². The second-order valence-corrected chi connectivity index (χ2v) is 7.57. The standard InChI is InChI=1S/C18H22N4S/c1-12-17-16(20-11-22(12)13-7-5-4-6-8-13)15-14(21(2)3)9-10-19-18(15)23-17/h9-11,13H,1,4-8H2,2-3H3. The zero-order valence-electron chi connectivity index (χ0n) is 13.7. The number of hydrogen-bond acceptors (Lipinski definition) is 5. The summed E-state index contributed by atoms with van der Waals surface area (Å²) in [5.41, 5.74) is 3.30. The molecule has 1 aliphatic carbocycles. The third kappa shape index (κ3) is 2.34. The Balaban J connectivity index is 1.79. The van der Waals surface area contributed by atoms with E-state index in [1.165, 1.54) is 42.7 Å². The third-order valence-electron chi connectivity index (χ3n) is 4.88. The van der Waals surface area contributed by atoms with Crippen LogP contribution in [0.3, 0.4) is 0 Å². The molecule has 4 rings (SSSR count). The van der Waals surface area contributed by atoms with Crippen molar-refractivity contribution in [3.8, 4) is 0 Å². The highest BCUT2D eigenvalue weighted by Gasteiger charge is 2.28. The van der Waals surface area contributed by atoms with E-state index in [-0.39, 0.29) is 0 Å². The lowest BCUT2D eigenvalue weighted by atomic mass is 9.94. The molecule has 5 heteroatoms. The Morgan fingerprint density at radius 1 is 1.26 bits per heavy atom. The zero-order chi connectivity index (χ0) is 16.0. The number of anilines is 1. The van der Waals surface area contributed by atoms with Crippen LogP contribution in [0.15, 0.2) is 23.8 Å². The Labute approximate surface area is 141 Å². The van der Waals surface area contributed by atoms with E-state index in [0.717, 1.165) is 21.6 Å². The van der Waals surface area contributed by atoms with E-state index in [4.69, 9.17) is 4.99 Å². The van der Waals surface area contributed by atoms with Crippen LogP contribution >= 0.6 is 11.3 Å². The first kappa shape index (κ1) is 14.7. The Hall–Kier alpha value is -1.88. The Morgan fingerprint density at radius 3 is 2.78 bits per heavy atom. The molecule has 0 spiro atoms. The van der Waals surface area contributed by atoms with Gasteiger partial charge in [0.1, 0.15) is 4.83 Å². The summed E-state index contributed by atoms with van der Waals surface area (Å²) in [5, 5.41) is 1.15. The topological polar surface area (TPSA) is 31.7 Å². The first-order valence-corrected chi connectivity index (χ1v) is 9.09. The van der Waals surface area contributed by atoms with Gasteiger partial charge in [0, 0.05) is 26.3 Å². The second-order valence-electron chi connectivity index (χ2n) is 6.57. The minimum absolute atomic E-state index is 0.555. The van der Waals surface area contributed by atoms with Gasteiger partial charge < -0.3 is 9.80 Å². The highest BCUT2D eigenvalue weighted by molar-refractivity contribution is 7.20. The van der Waals surface area contributed by atoms with Crippen molar-refractivity contribution in [3.63, 3.8) is 0 Å². The number of aromatic nitrogens is 1. The molecular formula is C18H22N4S. The van der Waals surface area contributed by atoms with E-state index in [1.807, 2.05) is 12.5 Å². The first-order chi connectivity index (χ1) is 11.2.